The number of methoxy groups -OCH3 is 1. The summed E-state index contributed by atoms with van der Waals surface area (Å²) < 4.78 is 8.65. The fourth-order valence-corrected chi connectivity index (χ4v) is 3.03. The highest BCUT2D eigenvalue weighted by Crippen LogP contribution is 2.29. The van der Waals surface area contributed by atoms with Crippen molar-refractivity contribution in [1.82, 2.24) is 24.3 Å². The second-order valence-electron chi connectivity index (χ2n) is 5.75. The molecule has 0 spiro atoms. The van der Waals surface area contributed by atoms with Crippen LogP contribution in [0.5, 0.6) is 0 Å². The summed E-state index contributed by atoms with van der Waals surface area (Å²) in [6.45, 7) is 0.781. The summed E-state index contributed by atoms with van der Waals surface area (Å²) in [5, 5.41) is 4.56. The van der Waals surface area contributed by atoms with E-state index in [4.69, 9.17) is 4.74 Å². The number of aryl methyl sites for hydroxylation is 1. The van der Waals surface area contributed by atoms with Crippen molar-refractivity contribution < 1.29 is 9.53 Å². The topological polar surface area (TPSA) is 74.8 Å². The summed E-state index contributed by atoms with van der Waals surface area (Å²) in [7, 11) is 1.41. The lowest BCUT2D eigenvalue weighted by Crippen LogP contribution is -2.24. The van der Waals surface area contributed by atoms with E-state index in [9.17, 15) is 4.79 Å². The molecular formula is C17H17N5O2. The van der Waals surface area contributed by atoms with E-state index in [1.807, 2.05) is 39.7 Å². The Labute approximate surface area is 138 Å². The van der Waals surface area contributed by atoms with E-state index in [1.54, 1.807) is 12.5 Å². The standard InChI is InChI=1S/C17H17N5O2/c1-24-17(23)14-3-2-9-22-16(14)19-15(20-22)12-4-6-13(7-5-12)21-10-8-18-11-21/h4-8,10-11,14H,2-3,9H2,1H3. The molecule has 0 bridgehead atoms. The van der Waals surface area contributed by atoms with Crippen LogP contribution in [0.1, 0.15) is 24.6 Å². The molecule has 1 atom stereocenters. The van der Waals surface area contributed by atoms with Crippen molar-refractivity contribution in [2.45, 2.75) is 25.3 Å². The third-order valence-corrected chi connectivity index (χ3v) is 4.29. The summed E-state index contributed by atoms with van der Waals surface area (Å²) in [5.74, 6) is 0.764. The molecule has 122 valence electrons. The molecule has 1 aromatic carbocycles. The van der Waals surface area contributed by atoms with Gasteiger partial charge in [-0.25, -0.2) is 14.6 Å². The van der Waals surface area contributed by atoms with Gasteiger partial charge in [-0.15, -0.1) is 0 Å². The number of hydrogen-bond donors (Lipinski definition) is 0. The number of hydrogen-bond acceptors (Lipinski definition) is 5. The van der Waals surface area contributed by atoms with Crippen LogP contribution in [0.2, 0.25) is 0 Å². The van der Waals surface area contributed by atoms with Crippen molar-refractivity contribution in [2.24, 2.45) is 0 Å². The van der Waals surface area contributed by atoms with Crippen LogP contribution in [0.25, 0.3) is 17.1 Å². The van der Waals surface area contributed by atoms with Crippen molar-refractivity contribution in [3.63, 3.8) is 0 Å². The van der Waals surface area contributed by atoms with Gasteiger partial charge in [0.15, 0.2) is 5.82 Å². The van der Waals surface area contributed by atoms with E-state index >= 15 is 0 Å². The Morgan fingerprint density at radius 2 is 2.12 bits per heavy atom. The molecule has 0 fully saturated rings. The third-order valence-electron chi connectivity index (χ3n) is 4.29. The van der Waals surface area contributed by atoms with Crippen LogP contribution < -0.4 is 0 Å². The lowest BCUT2D eigenvalue weighted by molar-refractivity contribution is -0.143. The lowest BCUT2D eigenvalue weighted by Gasteiger charge is -2.19. The number of fused-ring (bicyclic) bond motifs is 1. The highest BCUT2D eigenvalue weighted by Gasteiger charge is 2.31. The van der Waals surface area contributed by atoms with Crippen molar-refractivity contribution in [2.75, 3.05) is 7.11 Å². The molecule has 1 aliphatic rings. The smallest absolute Gasteiger partial charge is 0.316 e. The Morgan fingerprint density at radius 1 is 1.29 bits per heavy atom. The fraction of sp³-hybridized carbons (Fsp3) is 0.294. The minimum Gasteiger partial charge on any atom is -0.468 e. The van der Waals surface area contributed by atoms with Crippen LogP contribution in [-0.4, -0.2) is 37.4 Å². The summed E-state index contributed by atoms with van der Waals surface area (Å²) in [6.07, 6.45) is 7.04. The molecule has 7 nitrogen and oxygen atoms in total. The first kappa shape index (κ1) is 14.6. The quantitative estimate of drug-likeness (QED) is 0.691. The van der Waals surface area contributed by atoms with Crippen LogP contribution in [-0.2, 0) is 16.1 Å². The Hall–Kier alpha value is -2.96. The highest BCUT2D eigenvalue weighted by atomic mass is 16.5. The molecule has 1 unspecified atom stereocenters. The van der Waals surface area contributed by atoms with Gasteiger partial charge in [-0.1, -0.05) is 0 Å². The highest BCUT2D eigenvalue weighted by molar-refractivity contribution is 5.77. The predicted octanol–water partition coefficient (Wildman–Crippen LogP) is 2.18. The average Bonchev–Trinajstić information content (AvgIpc) is 3.30. The van der Waals surface area contributed by atoms with Gasteiger partial charge in [-0.05, 0) is 37.1 Å². The first-order valence-corrected chi connectivity index (χ1v) is 7.87. The molecule has 0 saturated heterocycles. The van der Waals surface area contributed by atoms with Gasteiger partial charge in [0.1, 0.15) is 11.7 Å². The fourth-order valence-electron chi connectivity index (χ4n) is 3.03. The maximum Gasteiger partial charge on any atom is 0.316 e. The Balaban J connectivity index is 1.66. The molecule has 0 N–H and O–H groups in total. The summed E-state index contributed by atoms with van der Waals surface area (Å²) in [4.78, 5) is 20.6. The van der Waals surface area contributed by atoms with E-state index in [-0.39, 0.29) is 11.9 Å². The zero-order chi connectivity index (χ0) is 16.5. The Kier molecular flexibility index (Phi) is 3.60. The third kappa shape index (κ3) is 2.47. The number of imidazole rings is 1. The first-order valence-electron chi connectivity index (χ1n) is 7.87. The van der Waals surface area contributed by atoms with Crippen LogP contribution >= 0.6 is 0 Å². The van der Waals surface area contributed by atoms with Gasteiger partial charge in [0.25, 0.3) is 0 Å². The van der Waals surface area contributed by atoms with Crippen LogP contribution in [0.4, 0.5) is 0 Å². The zero-order valence-electron chi connectivity index (χ0n) is 13.3. The van der Waals surface area contributed by atoms with Crippen molar-refractivity contribution in [1.29, 1.82) is 0 Å². The van der Waals surface area contributed by atoms with Crippen molar-refractivity contribution in [3.05, 3.63) is 48.8 Å². The van der Waals surface area contributed by atoms with Gasteiger partial charge in [-0.2, -0.15) is 5.10 Å². The molecule has 3 aromatic rings. The van der Waals surface area contributed by atoms with Gasteiger partial charge in [-0.3, -0.25) is 4.79 Å². The van der Waals surface area contributed by atoms with Gasteiger partial charge < -0.3 is 9.30 Å². The zero-order valence-corrected chi connectivity index (χ0v) is 13.3. The summed E-state index contributed by atoms with van der Waals surface area (Å²) in [5.41, 5.74) is 1.94. The van der Waals surface area contributed by atoms with E-state index in [2.05, 4.69) is 15.1 Å². The van der Waals surface area contributed by atoms with Crippen molar-refractivity contribution >= 4 is 5.97 Å². The Bertz CT molecular complexity index is 852. The molecule has 2 aromatic heterocycles. The molecule has 0 saturated carbocycles. The maximum absolute atomic E-state index is 11.9. The molecule has 0 amide bonds. The number of ether oxygens (including phenoxy) is 1. The number of nitrogens with zero attached hydrogens (tertiary/aromatic N) is 5. The molecule has 3 heterocycles. The summed E-state index contributed by atoms with van der Waals surface area (Å²) in [6, 6.07) is 7.94. The maximum atomic E-state index is 11.9. The minimum absolute atomic E-state index is 0.245. The Morgan fingerprint density at radius 3 is 2.83 bits per heavy atom. The van der Waals surface area contributed by atoms with E-state index in [0.717, 1.165) is 30.6 Å². The van der Waals surface area contributed by atoms with Crippen LogP contribution in [0.3, 0.4) is 0 Å². The predicted molar refractivity (Wildman–Crippen MR) is 86.6 cm³/mol. The molecule has 1 aliphatic heterocycles. The normalized spacial score (nSPS) is 16.6. The van der Waals surface area contributed by atoms with E-state index in [1.165, 1.54) is 7.11 Å². The van der Waals surface area contributed by atoms with E-state index in [0.29, 0.717) is 11.6 Å². The molecule has 7 heteroatoms. The number of aromatic nitrogens is 5. The van der Waals surface area contributed by atoms with Gasteiger partial charge in [0, 0.05) is 30.2 Å². The lowest BCUT2D eigenvalue weighted by atomic mass is 9.99. The molecule has 24 heavy (non-hydrogen) atoms. The molecule has 0 aliphatic carbocycles. The minimum atomic E-state index is -0.324. The molecule has 4 rings (SSSR count). The number of esters is 1. The first-order chi connectivity index (χ1) is 11.8. The second kappa shape index (κ2) is 5.92. The van der Waals surface area contributed by atoms with Crippen LogP contribution in [0.15, 0.2) is 43.0 Å². The second-order valence-corrected chi connectivity index (χ2v) is 5.75. The number of carbonyl (C=O) groups excluding carboxylic acids is 1. The number of benzene rings is 1. The summed E-state index contributed by atoms with van der Waals surface area (Å²) >= 11 is 0. The SMILES string of the molecule is COC(=O)C1CCCn2nc(-c3ccc(-n4ccnc4)cc3)nc21. The van der Waals surface area contributed by atoms with Crippen molar-refractivity contribution in [3.8, 4) is 17.1 Å². The van der Waals surface area contributed by atoms with Crippen LogP contribution in [0, 0.1) is 0 Å². The molecular weight excluding hydrogens is 306 g/mol. The number of carbonyl (C=O) groups is 1. The van der Waals surface area contributed by atoms with Gasteiger partial charge in [0.05, 0.1) is 13.4 Å². The molecule has 0 radical (unpaired) electrons. The largest absolute Gasteiger partial charge is 0.468 e. The number of rotatable bonds is 3. The van der Waals surface area contributed by atoms with E-state index < -0.39 is 0 Å². The monoisotopic (exact) mass is 323 g/mol. The van der Waals surface area contributed by atoms with Gasteiger partial charge in [0.2, 0.25) is 0 Å². The van der Waals surface area contributed by atoms with Gasteiger partial charge >= 0.3 is 5.97 Å². The average molecular weight is 323 g/mol.